The smallest absolute Gasteiger partial charge is 0.274 e. The lowest BCUT2D eigenvalue weighted by molar-refractivity contribution is -0.121. The lowest BCUT2D eigenvalue weighted by Gasteiger charge is -2.28. The Morgan fingerprint density at radius 1 is 1.25 bits per heavy atom. The fraction of sp³-hybridized carbons (Fsp3) is 0.571. The zero-order valence-corrected chi connectivity index (χ0v) is 11.2. The summed E-state index contributed by atoms with van der Waals surface area (Å²) < 4.78 is 0. The van der Waals surface area contributed by atoms with Gasteiger partial charge in [0.25, 0.3) is 11.5 Å². The van der Waals surface area contributed by atoms with E-state index in [1.165, 1.54) is 12.1 Å². The van der Waals surface area contributed by atoms with E-state index in [9.17, 15) is 14.4 Å². The van der Waals surface area contributed by atoms with Crippen molar-refractivity contribution in [3.05, 3.63) is 28.2 Å². The van der Waals surface area contributed by atoms with E-state index in [0.717, 1.165) is 25.7 Å². The number of carbonyl (C=O) groups is 2. The van der Waals surface area contributed by atoms with Crippen LogP contribution in [0.3, 0.4) is 0 Å². The molecule has 0 aromatic carbocycles. The Balaban J connectivity index is 1.81. The van der Waals surface area contributed by atoms with Gasteiger partial charge in [-0.05, 0) is 31.7 Å². The number of nitrogens with one attached hydrogen (secondary N) is 1. The predicted molar refractivity (Wildman–Crippen MR) is 71.3 cm³/mol. The molecule has 1 N–H and O–H groups in total. The van der Waals surface area contributed by atoms with Crippen LogP contribution in [0.4, 0.5) is 0 Å². The Labute approximate surface area is 116 Å². The highest BCUT2D eigenvalue weighted by Gasteiger charge is 2.40. The van der Waals surface area contributed by atoms with Gasteiger partial charge in [0.1, 0.15) is 11.5 Å². The van der Waals surface area contributed by atoms with E-state index < -0.39 is 0 Å². The fourth-order valence-electron chi connectivity index (χ4n) is 3.32. The number of amides is 1. The molecular formula is C14H17N3O3. The first kappa shape index (κ1) is 13.0. The summed E-state index contributed by atoms with van der Waals surface area (Å²) in [6.07, 6.45) is 4.25. The van der Waals surface area contributed by atoms with Crippen LogP contribution in [0.25, 0.3) is 0 Å². The van der Waals surface area contributed by atoms with Gasteiger partial charge in [0.2, 0.25) is 0 Å². The number of likely N-dealkylation sites (tertiary alicyclic amines) is 1. The van der Waals surface area contributed by atoms with Gasteiger partial charge in [0.05, 0.1) is 0 Å². The van der Waals surface area contributed by atoms with Gasteiger partial charge >= 0.3 is 0 Å². The van der Waals surface area contributed by atoms with Gasteiger partial charge in [0, 0.05) is 31.0 Å². The van der Waals surface area contributed by atoms with Crippen molar-refractivity contribution < 1.29 is 9.59 Å². The molecule has 6 heteroatoms. The van der Waals surface area contributed by atoms with E-state index in [0.29, 0.717) is 13.0 Å². The molecule has 1 aromatic heterocycles. The summed E-state index contributed by atoms with van der Waals surface area (Å²) in [6.45, 7) is 0.661. The molecule has 2 fully saturated rings. The van der Waals surface area contributed by atoms with E-state index in [-0.39, 0.29) is 34.9 Å². The van der Waals surface area contributed by atoms with Crippen molar-refractivity contribution in [2.24, 2.45) is 5.92 Å². The maximum atomic E-state index is 12.5. The van der Waals surface area contributed by atoms with Gasteiger partial charge in [0.15, 0.2) is 0 Å². The second-order valence-electron chi connectivity index (χ2n) is 5.48. The molecule has 3 rings (SSSR count). The molecule has 1 aromatic rings. The maximum Gasteiger partial charge on any atom is 0.274 e. The molecule has 1 saturated carbocycles. The molecule has 2 unspecified atom stereocenters. The third-order valence-corrected chi connectivity index (χ3v) is 4.27. The van der Waals surface area contributed by atoms with Crippen LogP contribution < -0.4 is 5.56 Å². The van der Waals surface area contributed by atoms with Crippen LogP contribution in [0.1, 0.15) is 42.6 Å². The van der Waals surface area contributed by atoms with Gasteiger partial charge in [-0.25, -0.2) is 5.10 Å². The quantitative estimate of drug-likeness (QED) is 0.863. The Kier molecular flexibility index (Phi) is 3.38. The summed E-state index contributed by atoms with van der Waals surface area (Å²) in [5.74, 6) is 0.0804. The van der Waals surface area contributed by atoms with E-state index in [1.54, 1.807) is 4.90 Å². The van der Waals surface area contributed by atoms with Crippen LogP contribution in [0.15, 0.2) is 16.9 Å². The van der Waals surface area contributed by atoms with Crippen LogP contribution >= 0.6 is 0 Å². The summed E-state index contributed by atoms with van der Waals surface area (Å²) in [5, 5.41) is 6.07. The number of rotatable bonds is 2. The largest absolute Gasteiger partial charge is 0.334 e. The highest BCUT2D eigenvalue weighted by atomic mass is 16.2. The van der Waals surface area contributed by atoms with E-state index in [4.69, 9.17) is 0 Å². The molecule has 6 nitrogen and oxygen atoms in total. The van der Waals surface area contributed by atoms with Gasteiger partial charge in [-0.1, -0.05) is 0 Å². The molecule has 0 spiro atoms. The minimum atomic E-state index is -0.328. The monoisotopic (exact) mass is 275 g/mol. The Morgan fingerprint density at radius 2 is 2.10 bits per heavy atom. The summed E-state index contributed by atoms with van der Waals surface area (Å²) in [6, 6.07) is 2.74. The van der Waals surface area contributed by atoms with E-state index in [2.05, 4.69) is 10.2 Å². The SMILES string of the molecule is O=C1CCCC1C1CCCN1C(=O)c1ccc(=O)[nH]n1. The third-order valence-electron chi connectivity index (χ3n) is 4.27. The first-order valence-electron chi connectivity index (χ1n) is 7.06. The zero-order valence-electron chi connectivity index (χ0n) is 11.2. The predicted octanol–water partition coefficient (Wildman–Crippen LogP) is 0.744. The van der Waals surface area contributed by atoms with Crippen molar-refractivity contribution >= 4 is 11.7 Å². The van der Waals surface area contributed by atoms with Crippen LogP contribution in [-0.4, -0.2) is 39.4 Å². The molecule has 0 radical (unpaired) electrons. The number of Topliss-reactive ketones (excluding diaryl/α,β-unsaturated/α-hetero) is 1. The molecule has 20 heavy (non-hydrogen) atoms. The summed E-state index contributed by atoms with van der Waals surface area (Å²) in [5.41, 5.74) is -0.0903. The molecule has 1 aliphatic heterocycles. The molecule has 106 valence electrons. The number of hydrogen-bond acceptors (Lipinski definition) is 4. The first-order valence-corrected chi connectivity index (χ1v) is 7.06. The number of hydrogen-bond donors (Lipinski definition) is 1. The topological polar surface area (TPSA) is 83.1 Å². The van der Waals surface area contributed by atoms with E-state index in [1.807, 2.05) is 0 Å². The molecule has 0 bridgehead atoms. The number of ketones is 1. The minimum absolute atomic E-state index is 0.00577. The lowest BCUT2D eigenvalue weighted by atomic mass is 9.95. The first-order chi connectivity index (χ1) is 9.66. The Hall–Kier alpha value is -1.98. The molecule has 2 aliphatic rings. The summed E-state index contributed by atoms with van der Waals surface area (Å²) >= 11 is 0. The van der Waals surface area contributed by atoms with Crippen molar-refractivity contribution in [1.29, 1.82) is 0 Å². The van der Waals surface area contributed by atoms with Gasteiger partial charge < -0.3 is 4.90 Å². The van der Waals surface area contributed by atoms with Crippen molar-refractivity contribution in [2.45, 2.75) is 38.1 Å². The van der Waals surface area contributed by atoms with Gasteiger partial charge in [-0.15, -0.1) is 0 Å². The molecule has 2 heterocycles. The number of carbonyl (C=O) groups excluding carboxylic acids is 2. The number of aromatic amines is 1. The van der Waals surface area contributed by atoms with Crippen LogP contribution in [-0.2, 0) is 4.79 Å². The van der Waals surface area contributed by atoms with Crippen molar-refractivity contribution in [3.8, 4) is 0 Å². The second kappa shape index (κ2) is 5.19. The van der Waals surface area contributed by atoms with Crippen molar-refractivity contribution in [2.75, 3.05) is 6.54 Å². The van der Waals surface area contributed by atoms with Crippen LogP contribution in [0, 0.1) is 5.92 Å². The zero-order chi connectivity index (χ0) is 14.1. The average molecular weight is 275 g/mol. The lowest BCUT2D eigenvalue weighted by Crippen LogP contribution is -2.42. The molecule has 1 saturated heterocycles. The average Bonchev–Trinajstić information content (AvgIpc) is 3.07. The maximum absolute atomic E-state index is 12.5. The minimum Gasteiger partial charge on any atom is -0.334 e. The van der Waals surface area contributed by atoms with E-state index >= 15 is 0 Å². The number of aromatic nitrogens is 2. The Bertz CT molecular complexity index is 575. The van der Waals surface area contributed by atoms with Crippen molar-refractivity contribution in [1.82, 2.24) is 15.1 Å². The van der Waals surface area contributed by atoms with Gasteiger partial charge in [-0.3, -0.25) is 14.4 Å². The standard InChI is InChI=1S/C14H17N3O3/c18-12-5-1-3-9(12)11-4-2-8-17(11)14(20)10-6-7-13(19)16-15-10/h6-7,9,11H,1-5,8H2,(H,16,19). The fourth-order valence-corrected chi connectivity index (χ4v) is 3.32. The summed E-state index contributed by atoms with van der Waals surface area (Å²) in [7, 11) is 0. The highest BCUT2D eigenvalue weighted by Crippen LogP contribution is 2.33. The van der Waals surface area contributed by atoms with Crippen LogP contribution in [0.5, 0.6) is 0 Å². The van der Waals surface area contributed by atoms with Gasteiger partial charge in [-0.2, -0.15) is 5.10 Å². The Morgan fingerprint density at radius 3 is 2.75 bits per heavy atom. The third kappa shape index (κ3) is 2.26. The summed E-state index contributed by atoms with van der Waals surface area (Å²) in [4.78, 5) is 37.1. The molecular weight excluding hydrogens is 258 g/mol. The number of H-pyrrole nitrogens is 1. The highest BCUT2D eigenvalue weighted by molar-refractivity contribution is 5.93. The van der Waals surface area contributed by atoms with Crippen LogP contribution in [0.2, 0.25) is 0 Å². The molecule has 2 atom stereocenters. The molecule has 1 aliphatic carbocycles. The molecule has 1 amide bonds. The number of nitrogens with zero attached hydrogens (tertiary/aromatic N) is 2. The second-order valence-corrected chi connectivity index (χ2v) is 5.48. The normalized spacial score (nSPS) is 26.2. The van der Waals surface area contributed by atoms with Crippen molar-refractivity contribution in [3.63, 3.8) is 0 Å².